The third kappa shape index (κ3) is 3.79. The van der Waals surface area contributed by atoms with Gasteiger partial charge in [0.05, 0.1) is 17.6 Å². The summed E-state index contributed by atoms with van der Waals surface area (Å²) < 4.78 is 33.4. The standard InChI is InChI=1S/C28H25NO4S/c1-18-4-8-20(9-5-18)27-25-15-22(28(30)33-3)11-10-21(25)14-23-16-29(17-26(23)27)34(31,32)24-12-6-19(2)7-13-24/h4-15H,16-17H2,1-3H3. The van der Waals surface area contributed by atoms with Crippen molar-refractivity contribution in [3.05, 3.63) is 101 Å². The van der Waals surface area contributed by atoms with Crippen molar-refractivity contribution in [2.24, 2.45) is 0 Å². The number of methoxy groups -OCH3 is 1. The predicted octanol–water partition coefficient (Wildman–Crippen LogP) is 5.61. The first-order chi connectivity index (χ1) is 16.3. The lowest BCUT2D eigenvalue weighted by atomic mass is 9.90. The average Bonchev–Trinajstić information content (AvgIpc) is 3.27. The van der Waals surface area contributed by atoms with Crippen LogP contribution in [0.2, 0.25) is 0 Å². The number of nitrogens with zero attached hydrogens (tertiary/aromatic N) is 1. The van der Waals surface area contributed by atoms with Crippen LogP contribution >= 0.6 is 0 Å². The molecule has 0 radical (unpaired) electrons. The minimum atomic E-state index is -3.65. The van der Waals surface area contributed by atoms with Crippen molar-refractivity contribution in [2.45, 2.75) is 31.8 Å². The molecule has 0 spiro atoms. The van der Waals surface area contributed by atoms with Crippen LogP contribution in [0.15, 0.2) is 77.7 Å². The third-order valence-corrected chi connectivity index (χ3v) is 8.25. The van der Waals surface area contributed by atoms with Crippen LogP contribution in [0.3, 0.4) is 0 Å². The zero-order valence-corrected chi connectivity index (χ0v) is 20.1. The summed E-state index contributed by atoms with van der Waals surface area (Å²) in [6.45, 7) is 4.54. The number of fused-ring (bicyclic) bond motifs is 2. The molecular formula is C28H25NO4S. The topological polar surface area (TPSA) is 63.7 Å². The van der Waals surface area contributed by atoms with E-state index in [-0.39, 0.29) is 6.54 Å². The molecule has 6 heteroatoms. The minimum Gasteiger partial charge on any atom is -0.465 e. The monoisotopic (exact) mass is 471 g/mol. The summed E-state index contributed by atoms with van der Waals surface area (Å²) in [5.74, 6) is -0.402. The summed E-state index contributed by atoms with van der Waals surface area (Å²) in [5.41, 5.74) is 6.51. The molecule has 0 unspecified atom stereocenters. The van der Waals surface area contributed by atoms with Crippen LogP contribution in [-0.2, 0) is 27.8 Å². The summed E-state index contributed by atoms with van der Waals surface area (Å²) in [6.07, 6.45) is 0. The van der Waals surface area contributed by atoms with Crippen molar-refractivity contribution in [1.82, 2.24) is 4.31 Å². The number of sulfonamides is 1. The fourth-order valence-corrected chi connectivity index (χ4v) is 5.95. The number of aryl methyl sites for hydroxylation is 2. The van der Waals surface area contributed by atoms with Crippen molar-refractivity contribution in [3.63, 3.8) is 0 Å². The van der Waals surface area contributed by atoms with Crippen LogP contribution in [0, 0.1) is 13.8 Å². The zero-order valence-electron chi connectivity index (χ0n) is 19.3. The fraction of sp³-hybridized carbons (Fsp3) is 0.179. The lowest BCUT2D eigenvalue weighted by Gasteiger charge is -2.16. The van der Waals surface area contributed by atoms with E-state index in [0.29, 0.717) is 17.0 Å². The number of rotatable bonds is 4. The van der Waals surface area contributed by atoms with E-state index < -0.39 is 16.0 Å². The molecule has 0 fully saturated rings. The molecule has 5 nitrogen and oxygen atoms in total. The summed E-state index contributed by atoms with van der Waals surface area (Å²) in [4.78, 5) is 12.5. The zero-order chi connectivity index (χ0) is 24.0. The smallest absolute Gasteiger partial charge is 0.337 e. The molecule has 0 atom stereocenters. The molecule has 1 aliphatic heterocycles. The van der Waals surface area contributed by atoms with Gasteiger partial charge < -0.3 is 4.74 Å². The van der Waals surface area contributed by atoms with Crippen molar-refractivity contribution in [1.29, 1.82) is 0 Å². The van der Waals surface area contributed by atoms with Crippen LogP contribution in [0.4, 0.5) is 0 Å². The molecule has 0 saturated carbocycles. The largest absolute Gasteiger partial charge is 0.465 e. The molecule has 0 bridgehead atoms. The molecule has 0 amide bonds. The predicted molar refractivity (Wildman–Crippen MR) is 133 cm³/mol. The summed E-state index contributed by atoms with van der Waals surface area (Å²) in [7, 11) is -2.29. The molecule has 0 N–H and O–H groups in total. The molecule has 1 aliphatic rings. The maximum Gasteiger partial charge on any atom is 0.337 e. The minimum absolute atomic E-state index is 0.271. The van der Waals surface area contributed by atoms with Gasteiger partial charge in [-0.05, 0) is 77.2 Å². The SMILES string of the molecule is COC(=O)c1ccc2cc3c(c(-c4ccc(C)cc4)c2c1)CN(S(=O)(=O)c1ccc(C)cc1)C3. The summed E-state index contributed by atoms with van der Waals surface area (Å²) in [5, 5.41) is 1.86. The molecule has 4 aromatic rings. The van der Waals surface area contributed by atoms with Gasteiger partial charge in [-0.2, -0.15) is 4.31 Å². The third-order valence-electron chi connectivity index (χ3n) is 6.44. The van der Waals surface area contributed by atoms with Gasteiger partial charge in [-0.15, -0.1) is 0 Å². The maximum atomic E-state index is 13.4. The Morgan fingerprint density at radius 1 is 0.853 bits per heavy atom. The Balaban J connectivity index is 1.69. The molecule has 172 valence electrons. The Hall–Kier alpha value is -3.48. The van der Waals surface area contributed by atoms with Crippen LogP contribution in [-0.4, -0.2) is 25.8 Å². The first-order valence-electron chi connectivity index (χ1n) is 11.1. The van der Waals surface area contributed by atoms with Crippen LogP contribution in [0.5, 0.6) is 0 Å². The van der Waals surface area contributed by atoms with E-state index in [2.05, 4.69) is 0 Å². The van der Waals surface area contributed by atoms with E-state index in [4.69, 9.17) is 4.74 Å². The Morgan fingerprint density at radius 2 is 1.50 bits per heavy atom. The number of hydrogen-bond donors (Lipinski definition) is 0. The lowest BCUT2D eigenvalue weighted by molar-refractivity contribution is 0.0601. The van der Waals surface area contributed by atoms with E-state index in [1.54, 1.807) is 18.2 Å². The Labute approximate surface area is 199 Å². The Bertz CT molecular complexity index is 1520. The number of carbonyl (C=O) groups excluding carboxylic acids is 1. The highest BCUT2D eigenvalue weighted by Gasteiger charge is 2.33. The number of ether oxygens (including phenoxy) is 1. The molecule has 5 rings (SSSR count). The first-order valence-corrected chi connectivity index (χ1v) is 12.5. The molecule has 0 saturated heterocycles. The van der Waals surface area contributed by atoms with E-state index in [9.17, 15) is 13.2 Å². The average molecular weight is 472 g/mol. The highest BCUT2D eigenvalue weighted by molar-refractivity contribution is 7.89. The van der Waals surface area contributed by atoms with Gasteiger partial charge in [-0.1, -0.05) is 53.6 Å². The first kappa shape index (κ1) is 22.3. The molecule has 0 aromatic heterocycles. The van der Waals surface area contributed by atoms with Crippen LogP contribution in [0.25, 0.3) is 21.9 Å². The second kappa shape index (κ2) is 8.38. The Morgan fingerprint density at radius 3 is 2.15 bits per heavy atom. The van der Waals surface area contributed by atoms with E-state index in [1.165, 1.54) is 11.4 Å². The van der Waals surface area contributed by atoms with Gasteiger partial charge in [0.2, 0.25) is 10.0 Å². The van der Waals surface area contributed by atoms with Gasteiger partial charge in [-0.3, -0.25) is 0 Å². The van der Waals surface area contributed by atoms with Crippen molar-refractivity contribution < 1.29 is 17.9 Å². The highest BCUT2D eigenvalue weighted by atomic mass is 32.2. The van der Waals surface area contributed by atoms with Crippen molar-refractivity contribution in [3.8, 4) is 11.1 Å². The number of carbonyl (C=O) groups is 1. The van der Waals surface area contributed by atoms with Crippen molar-refractivity contribution in [2.75, 3.05) is 7.11 Å². The molecule has 4 aromatic carbocycles. The Kier molecular flexibility index (Phi) is 5.50. The maximum absolute atomic E-state index is 13.4. The van der Waals surface area contributed by atoms with Gasteiger partial charge in [0.1, 0.15) is 0 Å². The fourth-order valence-electron chi connectivity index (χ4n) is 4.56. The second-order valence-corrected chi connectivity index (χ2v) is 10.7. The molecule has 34 heavy (non-hydrogen) atoms. The number of esters is 1. The number of hydrogen-bond acceptors (Lipinski definition) is 4. The van der Waals surface area contributed by atoms with Crippen LogP contribution < -0.4 is 0 Å². The molecule has 0 aliphatic carbocycles. The van der Waals surface area contributed by atoms with E-state index in [0.717, 1.165) is 44.2 Å². The normalized spacial score (nSPS) is 13.7. The van der Waals surface area contributed by atoms with Crippen molar-refractivity contribution >= 4 is 26.8 Å². The van der Waals surface area contributed by atoms with Gasteiger partial charge >= 0.3 is 5.97 Å². The van der Waals surface area contributed by atoms with E-state index >= 15 is 0 Å². The van der Waals surface area contributed by atoms with Gasteiger partial charge in [0.15, 0.2) is 0 Å². The van der Waals surface area contributed by atoms with Gasteiger partial charge in [-0.25, -0.2) is 13.2 Å². The van der Waals surface area contributed by atoms with E-state index in [1.807, 2.05) is 68.4 Å². The van der Waals surface area contributed by atoms with Crippen LogP contribution in [0.1, 0.15) is 32.6 Å². The quantitative estimate of drug-likeness (QED) is 0.363. The highest BCUT2D eigenvalue weighted by Crippen LogP contribution is 2.41. The second-order valence-electron chi connectivity index (χ2n) is 8.77. The summed E-state index contributed by atoms with van der Waals surface area (Å²) >= 11 is 0. The molecular weight excluding hydrogens is 446 g/mol. The summed E-state index contributed by atoms with van der Waals surface area (Å²) in [6, 6.07) is 22.7. The lowest BCUT2D eigenvalue weighted by Crippen LogP contribution is -2.25. The van der Waals surface area contributed by atoms with Gasteiger partial charge in [0, 0.05) is 13.1 Å². The number of benzene rings is 4. The molecule has 1 heterocycles. The van der Waals surface area contributed by atoms with Gasteiger partial charge in [0.25, 0.3) is 0 Å².